The van der Waals surface area contributed by atoms with Gasteiger partial charge in [0.2, 0.25) is 0 Å². The molecule has 2 heterocycles. The molecule has 0 saturated carbocycles. The van der Waals surface area contributed by atoms with Crippen molar-refractivity contribution in [1.29, 1.82) is 0 Å². The van der Waals surface area contributed by atoms with E-state index in [4.69, 9.17) is 22.1 Å². The lowest BCUT2D eigenvalue weighted by Gasteiger charge is -2.28. The number of aromatic nitrogens is 3. The number of nitrogens with two attached hydrogens (primary N) is 1. The number of ether oxygens (including phenoxy) is 1. The quantitative estimate of drug-likeness (QED) is 0.567. The zero-order chi connectivity index (χ0) is 22.4. The van der Waals surface area contributed by atoms with Gasteiger partial charge >= 0.3 is 0 Å². The number of fused-ring (bicyclic) bond motifs is 1. The number of hydrogen-bond donors (Lipinski definition) is 3. The Morgan fingerprint density at radius 2 is 2.13 bits per heavy atom. The summed E-state index contributed by atoms with van der Waals surface area (Å²) < 4.78 is 22.2. The number of aryl methyl sites for hydroxylation is 1. The van der Waals surface area contributed by atoms with Gasteiger partial charge in [0.1, 0.15) is 34.1 Å². The molecule has 160 valence electrons. The first-order valence-electron chi connectivity index (χ1n) is 9.23. The Balaban J connectivity index is 2.38. The molecule has 1 aromatic carbocycles. The molecule has 10 heteroatoms. The SMILES string of the molecule is CNC(=O)c1c(F)c(Cl)cc([C@](C)(O)c2nc(C)c3c(N)nccn23)c1OC(C)C. The van der Waals surface area contributed by atoms with Gasteiger partial charge in [0, 0.05) is 25.0 Å². The topological polar surface area (TPSA) is 115 Å². The third-order valence-electron chi connectivity index (χ3n) is 4.70. The Kier molecular flexibility index (Phi) is 5.62. The van der Waals surface area contributed by atoms with Crippen LogP contribution in [0.5, 0.6) is 5.75 Å². The molecule has 3 aromatic rings. The van der Waals surface area contributed by atoms with Crippen LogP contribution in [0.4, 0.5) is 10.2 Å². The lowest BCUT2D eigenvalue weighted by Crippen LogP contribution is -2.30. The minimum absolute atomic E-state index is 0.0866. The number of hydrogen-bond acceptors (Lipinski definition) is 6. The second-order valence-electron chi connectivity index (χ2n) is 7.29. The number of carbonyl (C=O) groups excluding carboxylic acids is 1. The molecule has 3 rings (SSSR count). The van der Waals surface area contributed by atoms with Gasteiger partial charge in [-0.05, 0) is 33.8 Å². The minimum Gasteiger partial charge on any atom is -0.490 e. The maximum Gasteiger partial charge on any atom is 0.257 e. The summed E-state index contributed by atoms with van der Waals surface area (Å²) in [6.07, 6.45) is 2.66. The van der Waals surface area contributed by atoms with Crippen molar-refractivity contribution in [2.45, 2.75) is 39.4 Å². The largest absolute Gasteiger partial charge is 0.490 e. The number of nitrogen functional groups attached to an aromatic ring is 1. The van der Waals surface area contributed by atoms with Crippen molar-refractivity contribution >= 4 is 28.8 Å². The summed E-state index contributed by atoms with van der Waals surface area (Å²) in [6.45, 7) is 6.63. The molecule has 0 aliphatic heterocycles. The highest BCUT2D eigenvalue weighted by Crippen LogP contribution is 2.42. The van der Waals surface area contributed by atoms with Gasteiger partial charge in [0.25, 0.3) is 5.91 Å². The molecular formula is C20H23ClFN5O3. The molecule has 8 nitrogen and oxygen atoms in total. The molecule has 4 N–H and O–H groups in total. The van der Waals surface area contributed by atoms with Crippen LogP contribution in [0.3, 0.4) is 0 Å². The zero-order valence-corrected chi connectivity index (χ0v) is 18.0. The molecule has 30 heavy (non-hydrogen) atoms. The fourth-order valence-corrected chi connectivity index (χ4v) is 3.57. The number of aliphatic hydroxyl groups is 1. The van der Waals surface area contributed by atoms with E-state index >= 15 is 0 Å². The summed E-state index contributed by atoms with van der Waals surface area (Å²) in [5.41, 5.74) is 4.91. The molecule has 0 bridgehead atoms. The predicted octanol–water partition coefficient (Wildman–Crippen LogP) is 2.82. The minimum atomic E-state index is -1.82. The Hall–Kier alpha value is -2.91. The first-order valence-corrected chi connectivity index (χ1v) is 9.61. The van der Waals surface area contributed by atoms with Crippen LogP contribution in [0, 0.1) is 12.7 Å². The van der Waals surface area contributed by atoms with E-state index in [1.54, 1.807) is 31.4 Å². The van der Waals surface area contributed by atoms with E-state index in [0.717, 1.165) is 0 Å². The number of nitrogens with zero attached hydrogens (tertiary/aromatic N) is 3. The van der Waals surface area contributed by atoms with E-state index in [0.29, 0.717) is 11.2 Å². The van der Waals surface area contributed by atoms with Gasteiger partial charge in [0.05, 0.1) is 16.8 Å². The normalized spacial score (nSPS) is 13.5. The Morgan fingerprint density at radius 3 is 2.73 bits per heavy atom. The lowest BCUT2D eigenvalue weighted by atomic mass is 9.91. The van der Waals surface area contributed by atoms with Gasteiger partial charge in [-0.2, -0.15) is 0 Å². The Labute approximate surface area is 177 Å². The van der Waals surface area contributed by atoms with E-state index in [2.05, 4.69) is 15.3 Å². The van der Waals surface area contributed by atoms with Gasteiger partial charge < -0.3 is 20.9 Å². The second-order valence-corrected chi connectivity index (χ2v) is 7.70. The van der Waals surface area contributed by atoms with Crippen molar-refractivity contribution in [3.8, 4) is 5.75 Å². The van der Waals surface area contributed by atoms with Gasteiger partial charge in [-0.3, -0.25) is 9.20 Å². The molecule has 0 unspecified atom stereocenters. The first kappa shape index (κ1) is 21.8. The fraction of sp³-hybridized carbons (Fsp3) is 0.350. The molecule has 2 aromatic heterocycles. The number of amides is 1. The maximum absolute atomic E-state index is 14.8. The summed E-state index contributed by atoms with van der Waals surface area (Å²) in [5.74, 6) is -1.37. The maximum atomic E-state index is 14.8. The van der Waals surface area contributed by atoms with Crippen molar-refractivity contribution in [3.63, 3.8) is 0 Å². The van der Waals surface area contributed by atoms with Gasteiger partial charge in [0.15, 0.2) is 5.82 Å². The van der Waals surface area contributed by atoms with Crippen molar-refractivity contribution in [2.75, 3.05) is 12.8 Å². The molecule has 0 fully saturated rings. The van der Waals surface area contributed by atoms with Crippen LogP contribution in [-0.4, -0.2) is 38.5 Å². The number of rotatable bonds is 5. The Morgan fingerprint density at radius 1 is 1.47 bits per heavy atom. The van der Waals surface area contributed by atoms with E-state index in [1.807, 2.05) is 0 Å². The summed E-state index contributed by atoms with van der Waals surface area (Å²) in [4.78, 5) is 21.0. The molecule has 0 saturated heterocycles. The molecule has 0 spiro atoms. The van der Waals surface area contributed by atoms with Gasteiger partial charge in [-0.15, -0.1) is 0 Å². The van der Waals surface area contributed by atoms with Crippen LogP contribution in [0.1, 0.15) is 48.2 Å². The Bertz CT molecular complexity index is 1140. The highest BCUT2D eigenvalue weighted by atomic mass is 35.5. The van der Waals surface area contributed by atoms with Crippen LogP contribution in [0.2, 0.25) is 5.02 Å². The average molecular weight is 436 g/mol. The molecular weight excluding hydrogens is 413 g/mol. The van der Waals surface area contributed by atoms with Crippen LogP contribution >= 0.6 is 11.6 Å². The summed E-state index contributed by atoms with van der Waals surface area (Å²) >= 11 is 6.09. The predicted molar refractivity (Wildman–Crippen MR) is 111 cm³/mol. The van der Waals surface area contributed by atoms with E-state index in [9.17, 15) is 14.3 Å². The number of benzene rings is 1. The second kappa shape index (κ2) is 7.73. The van der Waals surface area contributed by atoms with E-state index < -0.39 is 29.0 Å². The molecule has 1 atom stereocenters. The van der Waals surface area contributed by atoms with E-state index in [1.165, 1.54) is 26.2 Å². The molecule has 0 radical (unpaired) electrons. The van der Waals surface area contributed by atoms with Crippen LogP contribution in [-0.2, 0) is 5.60 Å². The van der Waals surface area contributed by atoms with Crippen LogP contribution in [0.15, 0.2) is 18.5 Å². The highest BCUT2D eigenvalue weighted by Gasteiger charge is 2.38. The molecule has 0 aliphatic carbocycles. The van der Waals surface area contributed by atoms with Crippen LogP contribution in [0.25, 0.3) is 5.52 Å². The monoisotopic (exact) mass is 435 g/mol. The van der Waals surface area contributed by atoms with Crippen molar-refractivity contribution in [3.05, 3.63) is 51.9 Å². The average Bonchev–Trinajstić information content (AvgIpc) is 3.02. The zero-order valence-electron chi connectivity index (χ0n) is 17.2. The third kappa shape index (κ3) is 3.44. The summed E-state index contributed by atoms with van der Waals surface area (Å²) in [5, 5.41) is 13.7. The van der Waals surface area contributed by atoms with Gasteiger partial charge in [-0.25, -0.2) is 14.4 Å². The number of imidazole rings is 1. The smallest absolute Gasteiger partial charge is 0.257 e. The summed E-state index contributed by atoms with van der Waals surface area (Å²) in [7, 11) is 1.36. The number of halogens is 2. The van der Waals surface area contributed by atoms with Crippen molar-refractivity contribution in [1.82, 2.24) is 19.7 Å². The fourth-order valence-electron chi connectivity index (χ4n) is 3.36. The van der Waals surface area contributed by atoms with Crippen molar-refractivity contribution < 1.29 is 19.0 Å². The van der Waals surface area contributed by atoms with E-state index in [-0.39, 0.29) is 28.0 Å². The van der Waals surface area contributed by atoms with Gasteiger partial charge in [-0.1, -0.05) is 11.6 Å². The molecule has 1 amide bonds. The third-order valence-corrected chi connectivity index (χ3v) is 4.97. The summed E-state index contributed by atoms with van der Waals surface area (Å²) in [6, 6.07) is 1.24. The molecule has 0 aliphatic rings. The lowest BCUT2D eigenvalue weighted by molar-refractivity contribution is 0.0842. The number of carbonyl (C=O) groups is 1. The first-order chi connectivity index (χ1) is 14.0. The standard InChI is InChI=1S/C20H23ClFN5O3/c1-9(2)30-16-11(8-12(21)14(22)13(16)18(28)24-5)20(4,29)19-26-10(3)15-17(23)25-6-7-27(15)19/h6-9,29H,1-5H3,(H2,23,25)(H,24,28)/t20-/m0/s1. The number of nitrogens with one attached hydrogen (secondary N) is 1. The highest BCUT2D eigenvalue weighted by molar-refractivity contribution is 6.31. The van der Waals surface area contributed by atoms with Crippen molar-refractivity contribution in [2.24, 2.45) is 0 Å². The number of anilines is 1. The van der Waals surface area contributed by atoms with Crippen LogP contribution < -0.4 is 15.8 Å².